The van der Waals surface area contributed by atoms with E-state index in [-0.39, 0.29) is 6.07 Å². The molecule has 8 heteroatoms. The molecule has 0 aliphatic heterocycles. The first-order chi connectivity index (χ1) is 7.94. The topological polar surface area (TPSA) is 37.3 Å². The molecule has 1 N–H and O–H groups in total. The Labute approximate surface area is 96.8 Å². The number of phenols is 1. The number of benzene rings is 1. The molecule has 0 radical (unpaired) electrons. The predicted molar refractivity (Wildman–Crippen MR) is 48.2 cm³/mol. The van der Waals surface area contributed by atoms with Crippen LogP contribution >= 0.6 is 0 Å². The molecule has 0 heterocycles. The molecule has 0 aliphatic rings. The van der Waals surface area contributed by atoms with Crippen LogP contribution in [0.25, 0.3) is 0 Å². The van der Waals surface area contributed by atoms with E-state index in [2.05, 4.69) is 0 Å². The Bertz CT molecular complexity index is 463. The first kappa shape index (κ1) is 14.3. The number of ketones is 1. The van der Waals surface area contributed by atoms with Crippen molar-refractivity contribution in [1.29, 1.82) is 0 Å². The summed E-state index contributed by atoms with van der Waals surface area (Å²) in [5, 5.41) is 9.15. The summed E-state index contributed by atoms with van der Waals surface area (Å²) in [7, 11) is 0. The van der Waals surface area contributed by atoms with Gasteiger partial charge in [-0.05, 0) is 24.6 Å². The zero-order valence-electron chi connectivity index (χ0n) is 8.78. The van der Waals surface area contributed by atoms with Gasteiger partial charge in [0.05, 0.1) is 11.1 Å². The van der Waals surface area contributed by atoms with Crippen molar-refractivity contribution in [2.75, 3.05) is 0 Å². The molecule has 0 atom stereocenters. The molecule has 0 unspecified atom stereocenters. The van der Waals surface area contributed by atoms with E-state index in [9.17, 15) is 31.1 Å². The standard InChI is InChI=1S/C10H6F6O2/c1-4-2-5(9(11,12)13)3-6(17)7(4)8(18)10(14,15)16/h2-3,17H,1H3. The molecular formula is C10H6F6O2. The number of hydrogen-bond donors (Lipinski definition) is 1. The van der Waals surface area contributed by atoms with Crippen molar-refractivity contribution in [3.63, 3.8) is 0 Å². The van der Waals surface area contributed by atoms with Crippen molar-refractivity contribution in [2.24, 2.45) is 0 Å². The summed E-state index contributed by atoms with van der Waals surface area (Å²) < 4.78 is 73.3. The van der Waals surface area contributed by atoms with Crippen LogP contribution in [0.5, 0.6) is 5.75 Å². The van der Waals surface area contributed by atoms with Crippen LogP contribution in [-0.2, 0) is 6.18 Å². The number of Topliss-reactive ketones (excluding diaryl/α,β-unsaturated/α-hetero) is 1. The minimum absolute atomic E-state index is 0.0893. The van der Waals surface area contributed by atoms with Gasteiger partial charge in [0.2, 0.25) is 0 Å². The van der Waals surface area contributed by atoms with Crippen LogP contribution in [0.1, 0.15) is 21.5 Å². The van der Waals surface area contributed by atoms with Gasteiger partial charge < -0.3 is 5.11 Å². The van der Waals surface area contributed by atoms with Crippen molar-refractivity contribution >= 4 is 5.78 Å². The molecule has 0 saturated carbocycles. The number of rotatable bonds is 1. The lowest BCUT2D eigenvalue weighted by molar-refractivity contribution is -0.137. The van der Waals surface area contributed by atoms with Crippen LogP contribution < -0.4 is 0 Å². The lowest BCUT2D eigenvalue weighted by atomic mass is 10.00. The largest absolute Gasteiger partial charge is 0.507 e. The van der Waals surface area contributed by atoms with Gasteiger partial charge in [-0.1, -0.05) is 0 Å². The van der Waals surface area contributed by atoms with E-state index in [1.807, 2.05) is 0 Å². The van der Waals surface area contributed by atoms with Crippen LogP contribution in [0.15, 0.2) is 12.1 Å². The Morgan fingerprint density at radius 2 is 1.61 bits per heavy atom. The molecule has 1 aromatic rings. The maximum absolute atomic E-state index is 12.3. The Hall–Kier alpha value is -1.73. The lowest BCUT2D eigenvalue weighted by Crippen LogP contribution is -2.24. The van der Waals surface area contributed by atoms with Crippen molar-refractivity contribution in [2.45, 2.75) is 19.3 Å². The molecule has 100 valence electrons. The van der Waals surface area contributed by atoms with Crippen molar-refractivity contribution in [3.05, 3.63) is 28.8 Å². The summed E-state index contributed by atoms with van der Waals surface area (Å²) in [6, 6.07) is 0.463. The summed E-state index contributed by atoms with van der Waals surface area (Å²) in [6.07, 6.45) is -10.1. The summed E-state index contributed by atoms with van der Waals surface area (Å²) in [5.41, 5.74) is -3.09. The van der Waals surface area contributed by atoms with Crippen LogP contribution in [0.3, 0.4) is 0 Å². The zero-order chi connectivity index (χ0) is 14.3. The highest BCUT2D eigenvalue weighted by atomic mass is 19.4. The zero-order valence-corrected chi connectivity index (χ0v) is 8.78. The number of hydrogen-bond acceptors (Lipinski definition) is 2. The van der Waals surface area contributed by atoms with Gasteiger partial charge in [-0.15, -0.1) is 0 Å². The van der Waals surface area contributed by atoms with Crippen molar-refractivity contribution in [3.8, 4) is 5.75 Å². The molecule has 0 saturated heterocycles. The van der Waals surface area contributed by atoms with Crippen molar-refractivity contribution in [1.82, 2.24) is 0 Å². The van der Waals surface area contributed by atoms with Gasteiger partial charge in [-0.2, -0.15) is 26.3 Å². The average Bonchev–Trinajstić information content (AvgIpc) is 2.13. The number of aromatic hydroxyl groups is 1. The third kappa shape index (κ3) is 2.74. The number of alkyl halides is 6. The molecule has 2 nitrogen and oxygen atoms in total. The first-order valence-electron chi connectivity index (χ1n) is 4.47. The number of carbonyl (C=O) groups excluding carboxylic acids is 1. The highest BCUT2D eigenvalue weighted by molar-refractivity contribution is 6.03. The second kappa shape index (κ2) is 4.18. The molecule has 0 aliphatic carbocycles. The Kier molecular flexibility index (Phi) is 3.33. The van der Waals surface area contributed by atoms with E-state index < -0.39 is 40.6 Å². The van der Waals surface area contributed by atoms with E-state index in [4.69, 9.17) is 5.11 Å². The van der Waals surface area contributed by atoms with Gasteiger partial charge in [0, 0.05) is 0 Å². The van der Waals surface area contributed by atoms with Gasteiger partial charge in [0.1, 0.15) is 5.75 Å². The molecule has 0 amide bonds. The van der Waals surface area contributed by atoms with Gasteiger partial charge in [-0.25, -0.2) is 0 Å². The van der Waals surface area contributed by atoms with E-state index in [1.54, 1.807) is 0 Å². The monoisotopic (exact) mass is 272 g/mol. The maximum atomic E-state index is 12.3. The SMILES string of the molecule is Cc1cc(C(F)(F)F)cc(O)c1C(=O)C(F)(F)F. The van der Waals surface area contributed by atoms with Crippen LogP contribution in [-0.4, -0.2) is 17.1 Å². The molecule has 1 aromatic carbocycles. The second-order valence-electron chi connectivity index (χ2n) is 3.51. The predicted octanol–water partition coefficient (Wildman–Crippen LogP) is 3.46. The van der Waals surface area contributed by atoms with Gasteiger partial charge in [0.15, 0.2) is 0 Å². The third-order valence-corrected chi connectivity index (χ3v) is 2.13. The van der Waals surface area contributed by atoms with Crippen LogP contribution in [0, 0.1) is 6.92 Å². The third-order valence-electron chi connectivity index (χ3n) is 2.13. The molecule has 0 spiro atoms. The number of halogens is 6. The Morgan fingerprint density at radius 3 is 1.94 bits per heavy atom. The summed E-state index contributed by atoms with van der Waals surface area (Å²) in [4.78, 5) is 10.9. The number of phenolic OH excluding ortho intramolecular Hbond substituents is 1. The highest BCUT2D eigenvalue weighted by Gasteiger charge is 2.42. The maximum Gasteiger partial charge on any atom is 0.455 e. The Morgan fingerprint density at radius 1 is 1.11 bits per heavy atom. The molecular weight excluding hydrogens is 266 g/mol. The van der Waals surface area contributed by atoms with Gasteiger partial charge in [0.25, 0.3) is 5.78 Å². The summed E-state index contributed by atoms with van der Waals surface area (Å²) in [6.45, 7) is 0.883. The molecule has 0 fully saturated rings. The second-order valence-corrected chi connectivity index (χ2v) is 3.51. The first-order valence-corrected chi connectivity index (χ1v) is 4.47. The number of aryl methyl sites for hydroxylation is 1. The molecule has 1 rings (SSSR count). The smallest absolute Gasteiger partial charge is 0.455 e. The minimum atomic E-state index is -5.26. The van der Waals surface area contributed by atoms with Crippen molar-refractivity contribution < 1.29 is 36.2 Å². The quantitative estimate of drug-likeness (QED) is 0.628. The average molecular weight is 272 g/mol. The highest BCUT2D eigenvalue weighted by Crippen LogP contribution is 2.36. The summed E-state index contributed by atoms with van der Waals surface area (Å²) in [5.74, 6) is -3.73. The molecule has 0 bridgehead atoms. The molecule has 0 aromatic heterocycles. The van der Waals surface area contributed by atoms with Gasteiger partial charge in [-0.3, -0.25) is 4.79 Å². The van der Waals surface area contributed by atoms with E-state index in [1.165, 1.54) is 0 Å². The fourth-order valence-electron chi connectivity index (χ4n) is 1.37. The fourth-order valence-corrected chi connectivity index (χ4v) is 1.37. The number of carbonyl (C=O) groups is 1. The van der Waals surface area contributed by atoms with E-state index in [0.717, 1.165) is 6.92 Å². The van der Waals surface area contributed by atoms with E-state index >= 15 is 0 Å². The minimum Gasteiger partial charge on any atom is -0.507 e. The fraction of sp³-hybridized carbons (Fsp3) is 0.300. The lowest BCUT2D eigenvalue weighted by Gasteiger charge is -2.13. The molecule has 18 heavy (non-hydrogen) atoms. The van der Waals surface area contributed by atoms with Crippen LogP contribution in [0.2, 0.25) is 0 Å². The summed E-state index contributed by atoms with van der Waals surface area (Å²) >= 11 is 0. The normalized spacial score (nSPS) is 12.6. The van der Waals surface area contributed by atoms with Gasteiger partial charge >= 0.3 is 12.4 Å². The van der Waals surface area contributed by atoms with Crippen LogP contribution in [0.4, 0.5) is 26.3 Å². The van der Waals surface area contributed by atoms with E-state index in [0.29, 0.717) is 6.07 Å². The Balaban J connectivity index is 3.39.